The average Bonchev–Trinajstić information content (AvgIpc) is 3.26. The third-order valence-corrected chi connectivity index (χ3v) is 6.96. The van der Waals surface area contributed by atoms with Crippen molar-refractivity contribution in [3.63, 3.8) is 0 Å². The maximum Gasteiger partial charge on any atom is 0.416 e. The molecule has 2 aromatic heterocycles. The Bertz CT molecular complexity index is 1380. The van der Waals surface area contributed by atoms with Crippen molar-refractivity contribution in [2.24, 2.45) is 7.05 Å². The lowest BCUT2D eigenvalue weighted by atomic mass is 9.97. The van der Waals surface area contributed by atoms with Crippen molar-refractivity contribution in [3.05, 3.63) is 83.8 Å². The number of rotatable bonds is 7. The number of anilines is 1. The maximum atomic E-state index is 13.6. The SMILES string of the molecule is C[C@H](Cc1ccccc1)Nc1nccc(-c2c(-c3cccc(C(F)(F)F)c3)nc(C3CCNCC3)n2C)n1. The summed E-state index contributed by atoms with van der Waals surface area (Å²) in [6.07, 6.45) is -0.133. The molecule has 0 saturated carbocycles. The van der Waals surface area contributed by atoms with Crippen LogP contribution in [-0.4, -0.2) is 38.7 Å². The minimum atomic E-state index is -4.44. The first-order valence-corrected chi connectivity index (χ1v) is 12.9. The zero-order chi connectivity index (χ0) is 26.7. The van der Waals surface area contributed by atoms with Crippen molar-refractivity contribution < 1.29 is 13.2 Å². The van der Waals surface area contributed by atoms with E-state index in [4.69, 9.17) is 9.97 Å². The van der Waals surface area contributed by atoms with Crippen LogP contribution in [0.5, 0.6) is 0 Å². The third-order valence-electron chi connectivity index (χ3n) is 6.96. The van der Waals surface area contributed by atoms with Gasteiger partial charge in [-0.25, -0.2) is 15.0 Å². The quantitative estimate of drug-likeness (QED) is 0.310. The van der Waals surface area contributed by atoms with Gasteiger partial charge in [-0.05, 0) is 63.0 Å². The summed E-state index contributed by atoms with van der Waals surface area (Å²) in [6, 6.07) is 17.4. The summed E-state index contributed by atoms with van der Waals surface area (Å²) in [5.41, 5.74) is 2.70. The highest BCUT2D eigenvalue weighted by Crippen LogP contribution is 2.38. The van der Waals surface area contributed by atoms with Crippen LogP contribution in [0.25, 0.3) is 22.6 Å². The molecule has 198 valence electrons. The molecule has 0 aliphatic carbocycles. The lowest BCUT2D eigenvalue weighted by molar-refractivity contribution is -0.137. The van der Waals surface area contributed by atoms with Gasteiger partial charge in [0.05, 0.1) is 22.6 Å². The fourth-order valence-electron chi connectivity index (χ4n) is 5.10. The predicted octanol–water partition coefficient (Wildman–Crippen LogP) is 6.07. The first-order valence-electron chi connectivity index (χ1n) is 12.9. The number of hydrogen-bond acceptors (Lipinski definition) is 5. The Morgan fingerprint density at radius 1 is 1.03 bits per heavy atom. The number of hydrogen-bond donors (Lipinski definition) is 2. The van der Waals surface area contributed by atoms with E-state index in [-0.39, 0.29) is 12.0 Å². The molecular formula is C29H31F3N6. The highest BCUT2D eigenvalue weighted by atomic mass is 19.4. The molecule has 0 radical (unpaired) electrons. The van der Waals surface area contributed by atoms with E-state index < -0.39 is 11.7 Å². The minimum Gasteiger partial charge on any atom is -0.351 e. The number of imidazole rings is 1. The number of piperidine rings is 1. The van der Waals surface area contributed by atoms with Crippen molar-refractivity contribution in [1.29, 1.82) is 0 Å². The standard InChI is InChI=1S/C29H31F3N6/c1-19(17-20-7-4-3-5-8-20)35-28-34-16-13-24(36-28)26-25(22-9-6-10-23(18-22)29(30,31)32)37-27(38(26)2)21-11-14-33-15-12-21/h3-10,13,16,18-19,21,33H,11-12,14-15,17H2,1-2H3,(H,34,35,36)/t19-/m1/s1. The lowest BCUT2D eigenvalue weighted by Gasteiger charge is -2.22. The van der Waals surface area contributed by atoms with Crippen molar-refractivity contribution in [2.45, 2.75) is 44.3 Å². The van der Waals surface area contributed by atoms with E-state index in [1.165, 1.54) is 17.7 Å². The Labute approximate surface area is 220 Å². The van der Waals surface area contributed by atoms with Crippen LogP contribution in [0.2, 0.25) is 0 Å². The van der Waals surface area contributed by atoms with Gasteiger partial charge in [-0.2, -0.15) is 13.2 Å². The number of alkyl halides is 3. The zero-order valence-corrected chi connectivity index (χ0v) is 21.5. The van der Waals surface area contributed by atoms with Gasteiger partial charge in [-0.15, -0.1) is 0 Å². The van der Waals surface area contributed by atoms with Gasteiger partial charge in [0.2, 0.25) is 5.95 Å². The van der Waals surface area contributed by atoms with Crippen LogP contribution in [0.1, 0.15) is 42.6 Å². The van der Waals surface area contributed by atoms with Crippen LogP contribution >= 0.6 is 0 Å². The molecule has 4 aromatic rings. The van der Waals surface area contributed by atoms with E-state index in [0.29, 0.717) is 28.6 Å². The summed E-state index contributed by atoms with van der Waals surface area (Å²) in [5.74, 6) is 1.54. The second kappa shape index (κ2) is 10.9. The molecule has 0 unspecified atom stereocenters. The fraction of sp³-hybridized carbons (Fsp3) is 0.345. The number of nitrogens with zero attached hydrogens (tertiary/aromatic N) is 4. The fourth-order valence-corrected chi connectivity index (χ4v) is 5.10. The number of nitrogens with one attached hydrogen (secondary N) is 2. The number of benzene rings is 2. The highest BCUT2D eigenvalue weighted by molar-refractivity contribution is 5.78. The van der Waals surface area contributed by atoms with E-state index in [9.17, 15) is 13.2 Å². The maximum absolute atomic E-state index is 13.6. The lowest BCUT2D eigenvalue weighted by Crippen LogP contribution is -2.27. The monoisotopic (exact) mass is 520 g/mol. The summed E-state index contributed by atoms with van der Waals surface area (Å²) in [7, 11) is 1.92. The van der Waals surface area contributed by atoms with Crippen LogP contribution in [0.3, 0.4) is 0 Å². The van der Waals surface area contributed by atoms with Crippen molar-refractivity contribution in [3.8, 4) is 22.6 Å². The molecule has 38 heavy (non-hydrogen) atoms. The molecule has 0 bridgehead atoms. The Kier molecular flexibility index (Phi) is 7.46. The summed E-state index contributed by atoms with van der Waals surface area (Å²) < 4.78 is 42.6. The van der Waals surface area contributed by atoms with Gasteiger partial charge >= 0.3 is 6.18 Å². The summed E-state index contributed by atoms with van der Waals surface area (Å²) >= 11 is 0. The van der Waals surface area contributed by atoms with Crippen LogP contribution in [-0.2, 0) is 19.6 Å². The summed E-state index contributed by atoms with van der Waals surface area (Å²) in [6.45, 7) is 3.83. The molecule has 1 aliphatic rings. The van der Waals surface area contributed by atoms with Gasteiger partial charge in [0.1, 0.15) is 5.82 Å². The van der Waals surface area contributed by atoms with Gasteiger partial charge in [-0.3, -0.25) is 0 Å². The number of aromatic nitrogens is 4. The molecule has 2 N–H and O–H groups in total. The molecule has 1 aliphatic heterocycles. The Balaban J connectivity index is 1.53. The van der Waals surface area contributed by atoms with Crippen LogP contribution in [0.4, 0.5) is 19.1 Å². The molecule has 0 spiro atoms. The molecule has 3 heterocycles. The summed E-state index contributed by atoms with van der Waals surface area (Å²) in [5, 5.41) is 6.73. The van der Waals surface area contributed by atoms with Crippen molar-refractivity contribution >= 4 is 5.95 Å². The van der Waals surface area contributed by atoms with E-state index >= 15 is 0 Å². The second-order valence-corrected chi connectivity index (χ2v) is 9.83. The van der Waals surface area contributed by atoms with Crippen molar-refractivity contribution in [1.82, 2.24) is 24.8 Å². The van der Waals surface area contributed by atoms with E-state index in [1.54, 1.807) is 18.3 Å². The molecule has 0 amide bonds. The largest absolute Gasteiger partial charge is 0.416 e. The van der Waals surface area contributed by atoms with Gasteiger partial charge in [0.15, 0.2) is 0 Å². The Morgan fingerprint density at radius 3 is 2.53 bits per heavy atom. The van der Waals surface area contributed by atoms with Gasteiger partial charge in [0, 0.05) is 30.8 Å². The van der Waals surface area contributed by atoms with Crippen molar-refractivity contribution in [2.75, 3.05) is 18.4 Å². The van der Waals surface area contributed by atoms with Crippen LogP contribution in [0, 0.1) is 0 Å². The normalized spacial score (nSPS) is 15.4. The van der Waals surface area contributed by atoms with Crippen LogP contribution in [0.15, 0.2) is 66.9 Å². The average molecular weight is 521 g/mol. The smallest absolute Gasteiger partial charge is 0.351 e. The van der Waals surface area contributed by atoms with E-state index in [1.807, 2.05) is 29.8 Å². The van der Waals surface area contributed by atoms with Crippen LogP contribution < -0.4 is 10.6 Å². The third kappa shape index (κ3) is 5.72. The van der Waals surface area contributed by atoms with E-state index in [2.05, 4.69) is 34.7 Å². The highest BCUT2D eigenvalue weighted by Gasteiger charge is 2.32. The molecule has 2 aromatic carbocycles. The Morgan fingerprint density at radius 2 is 1.79 bits per heavy atom. The molecule has 9 heteroatoms. The molecular weight excluding hydrogens is 489 g/mol. The molecule has 1 fully saturated rings. The Hall–Kier alpha value is -3.72. The first kappa shape index (κ1) is 25.9. The second-order valence-electron chi connectivity index (χ2n) is 9.83. The molecule has 1 saturated heterocycles. The molecule has 6 nitrogen and oxygen atoms in total. The minimum absolute atomic E-state index is 0.0763. The zero-order valence-electron chi connectivity index (χ0n) is 21.5. The van der Waals surface area contributed by atoms with Gasteiger partial charge in [0.25, 0.3) is 0 Å². The predicted molar refractivity (Wildman–Crippen MR) is 143 cm³/mol. The number of halogens is 3. The molecule has 1 atom stereocenters. The van der Waals surface area contributed by atoms with Gasteiger partial charge in [-0.1, -0.05) is 42.5 Å². The summed E-state index contributed by atoms with van der Waals surface area (Å²) in [4.78, 5) is 14.1. The van der Waals surface area contributed by atoms with E-state index in [0.717, 1.165) is 44.2 Å². The first-order chi connectivity index (χ1) is 18.3. The topological polar surface area (TPSA) is 67.7 Å². The molecule has 5 rings (SSSR count). The van der Waals surface area contributed by atoms with Gasteiger partial charge < -0.3 is 15.2 Å².